The highest BCUT2D eigenvalue weighted by Crippen LogP contribution is 2.24. The van der Waals surface area contributed by atoms with Crippen molar-refractivity contribution in [2.75, 3.05) is 23.9 Å². The molecule has 1 fully saturated rings. The van der Waals surface area contributed by atoms with E-state index in [4.69, 9.17) is 9.47 Å². The molecule has 1 aromatic rings. The monoisotopic (exact) mass is 437 g/mol. The van der Waals surface area contributed by atoms with Crippen LogP contribution in [0, 0.1) is 0 Å². The maximum atomic E-state index is 12.5. The molecule has 11 heteroatoms. The third-order valence-corrected chi connectivity index (χ3v) is 6.62. The van der Waals surface area contributed by atoms with E-state index >= 15 is 0 Å². The van der Waals surface area contributed by atoms with Crippen LogP contribution in [0.25, 0.3) is 0 Å². The summed E-state index contributed by atoms with van der Waals surface area (Å²) < 4.78 is 33.8. The highest BCUT2D eigenvalue weighted by atomic mass is 32.2. The number of hydrazone groups is 1. The Morgan fingerprint density at radius 3 is 2.67 bits per heavy atom. The predicted molar refractivity (Wildman–Crippen MR) is 108 cm³/mol. The number of benzene rings is 1. The largest absolute Gasteiger partial charge is 0.495 e. The van der Waals surface area contributed by atoms with Gasteiger partial charge in [-0.3, -0.25) is 9.59 Å². The first-order valence-corrected chi connectivity index (χ1v) is 11.3. The second-order valence-electron chi connectivity index (χ2n) is 7.08. The maximum Gasteiger partial charge on any atom is 0.355 e. The van der Waals surface area contributed by atoms with Crippen molar-refractivity contribution in [2.24, 2.45) is 5.10 Å². The number of sulfone groups is 1. The normalized spacial score (nSPS) is 21.5. The third kappa shape index (κ3) is 4.96. The molecule has 0 aliphatic carbocycles. The van der Waals surface area contributed by atoms with E-state index in [1.54, 1.807) is 24.3 Å². The fourth-order valence-electron chi connectivity index (χ4n) is 3.24. The second kappa shape index (κ2) is 8.82. The van der Waals surface area contributed by atoms with E-state index in [9.17, 15) is 22.8 Å². The van der Waals surface area contributed by atoms with E-state index in [0.29, 0.717) is 11.4 Å². The number of nitrogens with one attached hydrogen (secondary N) is 1. The third-order valence-electron chi connectivity index (χ3n) is 4.87. The summed E-state index contributed by atoms with van der Waals surface area (Å²) in [6.45, 7) is 1.42. The van der Waals surface area contributed by atoms with Crippen molar-refractivity contribution in [3.8, 4) is 5.75 Å². The Bertz CT molecular complexity index is 990. The summed E-state index contributed by atoms with van der Waals surface area (Å²) in [5.74, 6) is -1.45. The van der Waals surface area contributed by atoms with Gasteiger partial charge in [-0.1, -0.05) is 12.1 Å². The summed E-state index contributed by atoms with van der Waals surface area (Å²) in [5, 5.41) is 7.74. The standard InChI is InChI=1S/C19H23N3O7S/c1-12(18(24)20-14-5-3-4-6-16(14)28-2)29-19(25)15-7-8-17(23)22(21-15)13-9-10-30(26,27)11-13/h3-6,12-13H,7-11H2,1-2H3,(H,20,24)/t12-,13+/m1/s1. The smallest absolute Gasteiger partial charge is 0.355 e. The highest BCUT2D eigenvalue weighted by Gasteiger charge is 2.37. The number of anilines is 1. The molecule has 0 spiro atoms. The van der Waals surface area contributed by atoms with Gasteiger partial charge in [-0.05, 0) is 25.5 Å². The minimum absolute atomic E-state index is 0.0170. The first-order valence-electron chi connectivity index (χ1n) is 9.45. The molecule has 2 atom stereocenters. The summed E-state index contributed by atoms with van der Waals surface area (Å²) in [6, 6.07) is 6.22. The molecule has 0 unspecified atom stereocenters. The van der Waals surface area contributed by atoms with Crippen molar-refractivity contribution in [2.45, 2.75) is 38.3 Å². The molecule has 2 aliphatic heterocycles. The van der Waals surface area contributed by atoms with Crippen LogP contribution in [0.4, 0.5) is 5.69 Å². The Morgan fingerprint density at radius 1 is 1.27 bits per heavy atom. The lowest BCUT2D eigenvalue weighted by atomic mass is 10.1. The molecule has 2 aliphatic rings. The summed E-state index contributed by atoms with van der Waals surface area (Å²) in [6.07, 6.45) is -0.763. The average Bonchev–Trinajstić information content (AvgIpc) is 3.08. The molecule has 0 radical (unpaired) electrons. The molecule has 30 heavy (non-hydrogen) atoms. The van der Waals surface area contributed by atoms with Gasteiger partial charge in [0.15, 0.2) is 15.9 Å². The number of hydrogen-bond acceptors (Lipinski definition) is 8. The Labute approximate surface area is 174 Å². The van der Waals surface area contributed by atoms with E-state index in [0.717, 1.165) is 5.01 Å². The van der Waals surface area contributed by atoms with E-state index in [1.807, 2.05) is 0 Å². The SMILES string of the molecule is COc1ccccc1NC(=O)[C@@H](C)OC(=O)C1=NN([C@H]2CCS(=O)(=O)C2)C(=O)CC1. The number of esters is 1. The van der Waals surface area contributed by atoms with Crippen molar-refractivity contribution < 1.29 is 32.3 Å². The molecule has 1 aromatic carbocycles. The number of hydrogen-bond donors (Lipinski definition) is 1. The molecule has 10 nitrogen and oxygen atoms in total. The molecule has 0 bridgehead atoms. The van der Waals surface area contributed by atoms with Gasteiger partial charge >= 0.3 is 5.97 Å². The lowest BCUT2D eigenvalue weighted by molar-refractivity contribution is -0.147. The fraction of sp³-hybridized carbons (Fsp3) is 0.474. The van der Waals surface area contributed by atoms with E-state index < -0.39 is 33.9 Å². The summed E-state index contributed by atoms with van der Waals surface area (Å²) in [5.41, 5.74) is 0.415. The number of amides is 2. The summed E-state index contributed by atoms with van der Waals surface area (Å²) in [4.78, 5) is 37.0. The lowest BCUT2D eigenvalue weighted by Gasteiger charge is -2.27. The molecular formula is C19H23N3O7S. The van der Waals surface area contributed by atoms with Crippen LogP contribution in [0.2, 0.25) is 0 Å². The van der Waals surface area contributed by atoms with Gasteiger partial charge in [0.25, 0.3) is 5.91 Å². The van der Waals surface area contributed by atoms with Crippen LogP contribution in [-0.2, 0) is 29.0 Å². The van der Waals surface area contributed by atoms with Crippen LogP contribution in [-0.4, -0.2) is 67.7 Å². The van der Waals surface area contributed by atoms with Gasteiger partial charge < -0.3 is 14.8 Å². The molecule has 3 rings (SSSR count). The second-order valence-corrected chi connectivity index (χ2v) is 9.31. The van der Waals surface area contributed by atoms with Gasteiger partial charge in [0, 0.05) is 12.8 Å². The van der Waals surface area contributed by atoms with Crippen LogP contribution in [0.15, 0.2) is 29.4 Å². The zero-order valence-corrected chi connectivity index (χ0v) is 17.5. The minimum atomic E-state index is -3.21. The number of methoxy groups -OCH3 is 1. The number of rotatable bonds is 6. The molecule has 2 heterocycles. The molecular weight excluding hydrogens is 414 g/mol. The van der Waals surface area contributed by atoms with E-state index in [-0.39, 0.29) is 42.4 Å². The Morgan fingerprint density at radius 2 is 2.00 bits per heavy atom. The number of ether oxygens (including phenoxy) is 2. The number of nitrogens with zero attached hydrogens (tertiary/aromatic N) is 2. The van der Waals surface area contributed by atoms with Crippen molar-refractivity contribution in [3.05, 3.63) is 24.3 Å². The van der Waals surface area contributed by atoms with Crippen molar-refractivity contribution >= 4 is 39.0 Å². The van der Waals surface area contributed by atoms with Crippen LogP contribution in [0.5, 0.6) is 5.75 Å². The van der Waals surface area contributed by atoms with Gasteiger partial charge in [-0.25, -0.2) is 18.2 Å². The predicted octanol–water partition coefficient (Wildman–Crippen LogP) is 0.731. The average molecular weight is 437 g/mol. The van der Waals surface area contributed by atoms with E-state index in [2.05, 4.69) is 10.4 Å². The van der Waals surface area contributed by atoms with Gasteiger partial charge in [0.2, 0.25) is 5.91 Å². The fourth-order valence-corrected chi connectivity index (χ4v) is 4.93. The number of carbonyl (C=O) groups excluding carboxylic acids is 3. The highest BCUT2D eigenvalue weighted by molar-refractivity contribution is 7.91. The summed E-state index contributed by atoms with van der Waals surface area (Å²) in [7, 11) is -1.74. The van der Waals surface area contributed by atoms with Gasteiger partial charge in [-0.15, -0.1) is 0 Å². The molecule has 162 valence electrons. The first-order chi connectivity index (χ1) is 14.2. The quantitative estimate of drug-likeness (QED) is 0.649. The zero-order valence-electron chi connectivity index (χ0n) is 16.7. The van der Waals surface area contributed by atoms with Crippen LogP contribution < -0.4 is 10.1 Å². The van der Waals surface area contributed by atoms with Crippen LogP contribution in [0.1, 0.15) is 26.2 Å². The van der Waals surface area contributed by atoms with Crippen molar-refractivity contribution in [1.82, 2.24) is 5.01 Å². The lowest BCUT2D eigenvalue weighted by Crippen LogP contribution is -2.42. The van der Waals surface area contributed by atoms with Crippen LogP contribution in [0.3, 0.4) is 0 Å². The molecule has 2 amide bonds. The van der Waals surface area contributed by atoms with Crippen molar-refractivity contribution in [3.63, 3.8) is 0 Å². The van der Waals surface area contributed by atoms with Gasteiger partial charge in [0.05, 0.1) is 30.3 Å². The van der Waals surface area contributed by atoms with Crippen molar-refractivity contribution in [1.29, 1.82) is 0 Å². The summed E-state index contributed by atoms with van der Waals surface area (Å²) >= 11 is 0. The van der Waals surface area contributed by atoms with Gasteiger partial charge in [-0.2, -0.15) is 5.10 Å². The molecule has 1 saturated heterocycles. The zero-order chi connectivity index (χ0) is 21.9. The number of para-hydroxylation sites is 2. The first kappa shape index (κ1) is 21.8. The topological polar surface area (TPSA) is 131 Å². The van der Waals surface area contributed by atoms with Crippen LogP contribution >= 0.6 is 0 Å². The maximum absolute atomic E-state index is 12.5. The molecule has 0 aromatic heterocycles. The van der Waals surface area contributed by atoms with Gasteiger partial charge in [0.1, 0.15) is 11.5 Å². The Balaban J connectivity index is 1.65. The molecule has 0 saturated carbocycles. The minimum Gasteiger partial charge on any atom is -0.495 e. The Kier molecular flexibility index (Phi) is 6.40. The Hall–Kier alpha value is -2.95. The number of carbonyl (C=O) groups is 3. The molecule has 1 N–H and O–H groups in total. The van der Waals surface area contributed by atoms with E-state index in [1.165, 1.54) is 14.0 Å².